The molecule has 1 aliphatic carbocycles. The highest BCUT2D eigenvalue weighted by molar-refractivity contribution is 5.78. The minimum absolute atomic E-state index is 0.0263. The molecule has 28 heavy (non-hydrogen) atoms. The van der Waals surface area contributed by atoms with Crippen LogP contribution in [0, 0.1) is 5.92 Å². The SMILES string of the molecule is COc1ccccc1C(C)CC(=O)NC(C)(CNC(=O)OC(C)(C)C)C1CC1. The van der Waals surface area contributed by atoms with Crippen LogP contribution in [-0.4, -0.2) is 36.8 Å². The van der Waals surface area contributed by atoms with Crippen LogP contribution in [0.1, 0.15) is 65.4 Å². The summed E-state index contributed by atoms with van der Waals surface area (Å²) in [6, 6.07) is 7.76. The zero-order valence-electron chi connectivity index (χ0n) is 17.9. The predicted molar refractivity (Wildman–Crippen MR) is 110 cm³/mol. The Morgan fingerprint density at radius 1 is 1.18 bits per heavy atom. The van der Waals surface area contributed by atoms with E-state index in [-0.39, 0.29) is 11.8 Å². The van der Waals surface area contributed by atoms with Crippen molar-refractivity contribution in [1.29, 1.82) is 0 Å². The van der Waals surface area contributed by atoms with E-state index >= 15 is 0 Å². The van der Waals surface area contributed by atoms with Crippen LogP contribution >= 0.6 is 0 Å². The van der Waals surface area contributed by atoms with E-state index in [9.17, 15) is 9.59 Å². The average Bonchev–Trinajstić information content (AvgIpc) is 3.44. The van der Waals surface area contributed by atoms with E-state index in [1.165, 1.54) is 0 Å². The van der Waals surface area contributed by atoms with E-state index in [1.54, 1.807) is 7.11 Å². The van der Waals surface area contributed by atoms with Gasteiger partial charge in [0.1, 0.15) is 11.4 Å². The van der Waals surface area contributed by atoms with Gasteiger partial charge in [0.25, 0.3) is 0 Å². The molecule has 2 N–H and O–H groups in total. The lowest BCUT2D eigenvalue weighted by atomic mass is 9.93. The second kappa shape index (κ2) is 8.84. The van der Waals surface area contributed by atoms with E-state index in [0.717, 1.165) is 24.2 Å². The molecule has 0 aliphatic heterocycles. The largest absolute Gasteiger partial charge is 0.496 e. The standard InChI is InChI=1S/C22H34N2O4/c1-15(17-9-7-8-10-18(17)27-6)13-19(25)24-22(5,16-11-12-16)14-23-20(26)28-21(2,3)4/h7-10,15-16H,11-14H2,1-6H3,(H,23,26)(H,24,25). The third-order valence-corrected chi connectivity index (χ3v) is 5.06. The molecule has 1 saturated carbocycles. The monoisotopic (exact) mass is 390 g/mol. The van der Waals surface area contributed by atoms with Gasteiger partial charge in [0.2, 0.25) is 5.91 Å². The first-order valence-corrected chi connectivity index (χ1v) is 9.95. The van der Waals surface area contributed by atoms with Gasteiger partial charge >= 0.3 is 6.09 Å². The zero-order chi connectivity index (χ0) is 20.9. The summed E-state index contributed by atoms with van der Waals surface area (Å²) in [5, 5.41) is 5.98. The minimum Gasteiger partial charge on any atom is -0.496 e. The molecule has 2 rings (SSSR count). The number of methoxy groups -OCH3 is 1. The first kappa shape index (κ1) is 22.1. The number of amides is 2. The van der Waals surface area contributed by atoms with Gasteiger partial charge in [-0.1, -0.05) is 25.1 Å². The van der Waals surface area contributed by atoms with Crippen molar-refractivity contribution in [3.8, 4) is 5.75 Å². The Morgan fingerprint density at radius 2 is 1.82 bits per heavy atom. The van der Waals surface area contributed by atoms with E-state index in [4.69, 9.17) is 9.47 Å². The van der Waals surface area contributed by atoms with Crippen molar-refractivity contribution in [3.05, 3.63) is 29.8 Å². The van der Waals surface area contributed by atoms with Gasteiger partial charge in [0, 0.05) is 13.0 Å². The Bertz CT molecular complexity index is 694. The van der Waals surface area contributed by atoms with Crippen molar-refractivity contribution < 1.29 is 19.1 Å². The maximum atomic E-state index is 12.8. The number of hydrogen-bond donors (Lipinski definition) is 2. The summed E-state index contributed by atoms with van der Waals surface area (Å²) < 4.78 is 10.7. The molecule has 2 amide bonds. The topological polar surface area (TPSA) is 76.7 Å². The van der Waals surface area contributed by atoms with Gasteiger partial charge in [0.15, 0.2) is 0 Å². The highest BCUT2D eigenvalue weighted by Gasteiger charge is 2.43. The number of carbonyl (C=O) groups is 2. The fraction of sp³-hybridized carbons (Fsp3) is 0.636. The van der Waals surface area contributed by atoms with E-state index in [1.807, 2.05) is 58.9 Å². The summed E-state index contributed by atoms with van der Waals surface area (Å²) in [6.45, 7) is 9.84. The highest BCUT2D eigenvalue weighted by Crippen LogP contribution is 2.39. The van der Waals surface area contributed by atoms with Crippen LogP contribution in [-0.2, 0) is 9.53 Å². The summed E-state index contributed by atoms with van der Waals surface area (Å²) in [5.41, 5.74) is -0.0118. The summed E-state index contributed by atoms with van der Waals surface area (Å²) >= 11 is 0. The van der Waals surface area contributed by atoms with E-state index in [0.29, 0.717) is 18.9 Å². The molecular formula is C22H34N2O4. The molecule has 1 aliphatic rings. The Hall–Kier alpha value is -2.24. The lowest BCUT2D eigenvalue weighted by Crippen LogP contribution is -2.55. The molecular weight excluding hydrogens is 356 g/mol. The lowest BCUT2D eigenvalue weighted by molar-refractivity contribution is -0.123. The number of nitrogens with one attached hydrogen (secondary N) is 2. The molecule has 156 valence electrons. The molecule has 0 spiro atoms. The fourth-order valence-corrected chi connectivity index (χ4v) is 3.41. The van der Waals surface area contributed by atoms with Crippen molar-refractivity contribution in [3.63, 3.8) is 0 Å². The number of rotatable bonds is 8. The molecule has 0 bridgehead atoms. The van der Waals surface area contributed by atoms with Gasteiger partial charge < -0.3 is 20.1 Å². The van der Waals surface area contributed by atoms with Gasteiger partial charge in [0.05, 0.1) is 12.6 Å². The average molecular weight is 391 g/mol. The summed E-state index contributed by atoms with van der Waals surface area (Å²) in [4.78, 5) is 24.8. The first-order chi connectivity index (χ1) is 13.0. The van der Waals surface area contributed by atoms with Crippen molar-refractivity contribution in [2.24, 2.45) is 5.92 Å². The second-order valence-electron chi connectivity index (χ2n) is 8.94. The van der Waals surface area contributed by atoms with Crippen LogP contribution in [0.25, 0.3) is 0 Å². The molecule has 1 fully saturated rings. The molecule has 0 heterocycles. The van der Waals surface area contributed by atoms with Crippen molar-refractivity contribution in [2.45, 2.75) is 70.9 Å². The third kappa shape index (κ3) is 6.43. The third-order valence-electron chi connectivity index (χ3n) is 5.06. The number of alkyl carbamates (subject to hydrolysis) is 1. The lowest BCUT2D eigenvalue weighted by Gasteiger charge is -2.32. The van der Waals surface area contributed by atoms with Gasteiger partial charge in [-0.15, -0.1) is 0 Å². The van der Waals surface area contributed by atoms with E-state index < -0.39 is 17.2 Å². The number of hydrogen-bond acceptors (Lipinski definition) is 4. The van der Waals surface area contributed by atoms with Crippen LogP contribution in [0.2, 0.25) is 0 Å². The van der Waals surface area contributed by atoms with Gasteiger partial charge in [-0.05, 0) is 64.0 Å². The fourth-order valence-electron chi connectivity index (χ4n) is 3.41. The molecule has 0 saturated heterocycles. The summed E-state index contributed by atoms with van der Waals surface area (Å²) in [5.74, 6) is 1.16. The molecule has 0 radical (unpaired) electrons. The van der Waals surface area contributed by atoms with Crippen molar-refractivity contribution in [1.82, 2.24) is 10.6 Å². The molecule has 6 heteroatoms. The summed E-state index contributed by atoms with van der Waals surface area (Å²) in [6.07, 6.45) is 2.00. The molecule has 1 aromatic rings. The van der Waals surface area contributed by atoms with Crippen molar-refractivity contribution in [2.75, 3.05) is 13.7 Å². The number of carbonyl (C=O) groups excluding carboxylic acids is 2. The van der Waals surface area contributed by atoms with Gasteiger partial charge in [-0.3, -0.25) is 4.79 Å². The van der Waals surface area contributed by atoms with E-state index in [2.05, 4.69) is 10.6 Å². The van der Waals surface area contributed by atoms with Crippen molar-refractivity contribution >= 4 is 12.0 Å². The minimum atomic E-state index is -0.548. The molecule has 1 aromatic carbocycles. The van der Waals surface area contributed by atoms with Crippen LogP contribution in [0.3, 0.4) is 0 Å². The highest BCUT2D eigenvalue weighted by atomic mass is 16.6. The number of para-hydroxylation sites is 1. The number of ether oxygens (including phenoxy) is 2. The molecule has 2 atom stereocenters. The Kier molecular flexibility index (Phi) is 6.96. The molecule has 0 aromatic heterocycles. The van der Waals surface area contributed by atoms with Gasteiger partial charge in [-0.2, -0.15) is 0 Å². The van der Waals surface area contributed by atoms with Gasteiger partial charge in [-0.25, -0.2) is 4.79 Å². The molecule has 6 nitrogen and oxygen atoms in total. The maximum absolute atomic E-state index is 12.8. The normalized spacial score (nSPS) is 17.2. The zero-order valence-corrected chi connectivity index (χ0v) is 17.9. The number of benzene rings is 1. The smallest absolute Gasteiger partial charge is 0.407 e. The first-order valence-electron chi connectivity index (χ1n) is 9.95. The van der Waals surface area contributed by atoms with Crippen LogP contribution in [0.5, 0.6) is 5.75 Å². The summed E-state index contributed by atoms with van der Waals surface area (Å²) in [7, 11) is 1.64. The maximum Gasteiger partial charge on any atom is 0.407 e. The van der Waals surface area contributed by atoms with Crippen LogP contribution < -0.4 is 15.4 Å². The Labute approximate surface area is 168 Å². The Morgan fingerprint density at radius 3 is 2.39 bits per heavy atom. The predicted octanol–water partition coefficient (Wildman–Crippen LogP) is 4.00. The van der Waals surface area contributed by atoms with Crippen LogP contribution in [0.15, 0.2) is 24.3 Å². The quantitative estimate of drug-likeness (QED) is 0.703. The Balaban J connectivity index is 1.95. The second-order valence-corrected chi connectivity index (χ2v) is 8.94. The molecule has 2 unspecified atom stereocenters. The van der Waals surface area contributed by atoms with Crippen LogP contribution in [0.4, 0.5) is 4.79 Å².